The lowest BCUT2D eigenvalue weighted by Gasteiger charge is -2.12. The van der Waals surface area contributed by atoms with Crippen molar-refractivity contribution in [3.8, 4) is 5.75 Å². The highest BCUT2D eigenvalue weighted by Crippen LogP contribution is 2.28. The number of hydrogen-bond donors (Lipinski definition) is 1. The number of methoxy groups -OCH3 is 1. The van der Waals surface area contributed by atoms with Crippen molar-refractivity contribution < 1.29 is 19.4 Å². The number of halogens is 1. The Hall–Kier alpha value is -1.52. The summed E-state index contributed by atoms with van der Waals surface area (Å²) >= 11 is 5.99. The van der Waals surface area contributed by atoms with Crippen LogP contribution in [0.3, 0.4) is 0 Å². The molecule has 0 saturated carbocycles. The number of aliphatic hydroxyl groups excluding tert-OH is 1. The van der Waals surface area contributed by atoms with E-state index in [1.165, 1.54) is 13.2 Å². The molecule has 1 N–H and O–H groups in total. The number of carbonyl (C=O) groups is 1. The van der Waals surface area contributed by atoms with E-state index >= 15 is 0 Å². The van der Waals surface area contributed by atoms with Gasteiger partial charge in [-0.3, -0.25) is 0 Å². The molecule has 1 aromatic rings. The molecule has 0 saturated heterocycles. The second kappa shape index (κ2) is 6.42. The molecule has 18 heavy (non-hydrogen) atoms. The molecule has 0 spiro atoms. The van der Waals surface area contributed by atoms with Gasteiger partial charge in [-0.2, -0.15) is 0 Å². The zero-order chi connectivity index (χ0) is 13.7. The average Bonchev–Trinajstić information content (AvgIpc) is 2.35. The molecule has 0 aliphatic carbocycles. The zero-order valence-corrected chi connectivity index (χ0v) is 11.0. The molecule has 5 heteroatoms. The zero-order valence-electron chi connectivity index (χ0n) is 10.3. The fourth-order valence-corrected chi connectivity index (χ4v) is 1.50. The summed E-state index contributed by atoms with van der Waals surface area (Å²) in [6.45, 7) is 5.91. The summed E-state index contributed by atoms with van der Waals surface area (Å²) in [4.78, 5) is 11.2. The third-order valence-electron chi connectivity index (χ3n) is 2.17. The minimum Gasteiger partial charge on any atom is -0.488 e. The molecule has 98 valence electrons. The van der Waals surface area contributed by atoms with E-state index in [1.54, 1.807) is 12.1 Å². The number of carbonyl (C=O) groups excluding carboxylic acids is 1. The first-order chi connectivity index (χ1) is 8.45. The molecule has 0 fully saturated rings. The Labute approximate surface area is 111 Å². The first-order valence-electron chi connectivity index (χ1n) is 5.28. The Morgan fingerprint density at radius 2 is 2.22 bits per heavy atom. The minimum absolute atomic E-state index is 0.316. The van der Waals surface area contributed by atoms with Crippen LogP contribution in [0.4, 0.5) is 0 Å². The maximum Gasteiger partial charge on any atom is 0.339 e. The van der Waals surface area contributed by atoms with Crippen molar-refractivity contribution in [2.24, 2.45) is 0 Å². The van der Waals surface area contributed by atoms with Crippen LogP contribution < -0.4 is 4.74 Å². The standard InChI is InChI=1S/C13H15ClO4/c1-8(2)7-18-11-5-4-9(6-10(11)14)12(15)13(16)17-3/h4-6,12,15H,1,7H2,2-3H3. The topological polar surface area (TPSA) is 55.8 Å². The van der Waals surface area contributed by atoms with Crippen molar-refractivity contribution in [1.82, 2.24) is 0 Å². The van der Waals surface area contributed by atoms with Crippen molar-refractivity contribution in [2.75, 3.05) is 13.7 Å². The smallest absolute Gasteiger partial charge is 0.339 e. The van der Waals surface area contributed by atoms with Gasteiger partial charge in [-0.15, -0.1) is 0 Å². The molecule has 4 nitrogen and oxygen atoms in total. The summed E-state index contributed by atoms with van der Waals surface area (Å²) < 4.78 is 9.83. The van der Waals surface area contributed by atoms with Crippen LogP contribution in [0.1, 0.15) is 18.6 Å². The van der Waals surface area contributed by atoms with E-state index < -0.39 is 12.1 Å². The van der Waals surface area contributed by atoms with Crippen LogP contribution in [-0.2, 0) is 9.53 Å². The molecule has 0 amide bonds. The first kappa shape index (κ1) is 14.5. The van der Waals surface area contributed by atoms with Gasteiger partial charge in [0.2, 0.25) is 0 Å². The van der Waals surface area contributed by atoms with Crippen LogP contribution in [0.5, 0.6) is 5.75 Å². The van der Waals surface area contributed by atoms with Crippen LogP contribution >= 0.6 is 11.6 Å². The SMILES string of the molecule is C=C(C)COc1ccc(C(O)C(=O)OC)cc1Cl. The Morgan fingerprint density at radius 1 is 1.56 bits per heavy atom. The summed E-state index contributed by atoms with van der Waals surface area (Å²) in [7, 11) is 1.21. The summed E-state index contributed by atoms with van der Waals surface area (Å²) in [6, 6.07) is 4.62. The van der Waals surface area contributed by atoms with Crippen LogP contribution in [0.25, 0.3) is 0 Å². The molecule has 0 aliphatic heterocycles. The van der Waals surface area contributed by atoms with E-state index in [-0.39, 0.29) is 0 Å². The lowest BCUT2D eigenvalue weighted by atomic mass is 10.1. The number of benzene rings is 1. The molecule has 0 radical (unpaired) electrons. The maximum atomic E-state index is 11.2. The van der Waals surface area contributed by atoms with E-state index in [2.05, 4.69) is 11.3 Å². The number of hydrogen-bond acceptors (Lipinski definition) is 4. The van der Waals surface area contributed by atoms with Crippen molar-refractivity contribution in [3.05, 3.63) is 40.9 Å². The van der Waals surface area contributed by atoms with E-state index in [0.29, 0.717) is 22.9 Å². The molecule has 1 atom stereocenters. The second-order valence-corrected chi connectivity index (χ2v) is 4.27. The van der Waals surface area contributed by atoms with E-state index in [0.717, 1.165) is 5.57 Å². The molecule has 0 bridgehead atoms. The lowest BCUT2D eigenvalue weighted by molar-refractivity contribution is -0.150. The second-order valence-electron chi connectivity index (χ2n) is 3.86. The van der Waals surface area contributed by atoms with Crippen molar-refractivity contribution in [1.29, 1.82) is 0 Å². The predicted molar refractivity (Wildman–Crippen MR) is 68.7 cm³/mol. The molecule has 0 heterocycles. The van der Waals surface area contributed by atoms with E-state index in [1.807, 2.05) is 6.92 Å². The highest BCUT2D eigenvalue weighted by molar-refractivity contribution is 6.32. The Kier molecular flexibility index (Phi) is 5.19. The summed E-state index contributed by atoms with van der Waals surface area (Å²) in [5, 5.41) is 9.95. The maximum absolute atomic E-state index is 11.2. The van der Waals surface area contributed by atoms with Gasteiger partial charge in [-0.25, -0.2) is 4.79 Å². The van der Waals surface area contributed by atoms with Gasteiger partial charge >= 0.3 is 5.97 Å². The third kappa shape index (κ3) is 3.75. The predicted octanol–water partition coefficient (Wildman–Crippen LogP) is 2.50. The molecule has 1 unspecified atom stereocenters. The normalized spacial score (nSPS) is 11.8. The number of ether oxygens (including phenoxy) is 2. The third-order valence-corrected chi connectivity index (χ3v) is 2.47. The molecule has 1 aromatic carbocycles. The van der Waals surface area contributed by atoms with E-state index in [9.17, 15) is 9.90 Å². The molecular formula is C13H15ClO4. The largest absolute Gasteiger partial charge is 0.488 e. The first-order valence-corrected chi connectivity index (χ1v) is 5.66. The van der Waals surface area contributed by atoms with Crippen LogP contribution in [-0.4, -0.2) is 24.8 Å². The summed E-state index contributed by atoms with van der Waals surface area (Å²) in [6.07, 6.45) is -1.34. The molecule has 0 aliphatic rings. The summed E-state index contributed by atoms with van der Waals surface area (Å²) in [5.74, 6) is -0.262. The molecule has 1 rings (SSSR count). The fourth-order valence-electron chi connectivity index (χ4n) is 1.25. The van der Waals surface area contributed by atoms with Crippen LogP contribution in [0.15, 0.2) is 30.4 Å². The van der Waals surface area contributed by atoms with Gasteiger partial charge in [0, 0.05) is 0 Å². The Bertz CT molecular complexity index is 456. The monoisotopic (exact) mass is 270 g/mol. The lowest BCUT2D eigenvalue weighted by Crippen LogP contribution is -2.13. The van der Waals surface area contributed by atoms with Crippen LogP contribution in [0, 0.1) is 0 Å². The Morgan fingerprint density at radius 3 is 2.72 bits per heavy atom. The number of aliphatic hydroxyl groups is 1. The summed E-state index contributed by atoms with van der Waals surface area (Å²) in [5.41, 5.74) is 1.22. The van der Waals surface area contributed by atoms with Crippen molar-refractivity contribution >= 4 is 17.6 Å². The van der Waals surface area contributed by atoms with Gasteiger partial charge in [0.05, 0.1) is 12.1 Å². The van der Waals surface area contributed by atoms with Gasteiger partial charge in [0.15, 0.2) is 6.10 Å². The molecule has 0 aromatic heterocycles. The highest BCUT2D eigenvalue weighted by atomic mass is 35.5. The number of rotatable bonds is 5. The molecular weight excluding hydrogens is 256 g/mol. The number of esters is 1. The quantitative estimate of drug-likeness (QED) is 0.660. The van der Waals surface area contributed by atoms with Gasteiger partial charge in [-0.05, 0) is 30.2 Å². The van der Waals surface area contributed by atoms with Gasteiger partial charge in [-0.1, -0.05) is 24.2 Å². The Balaban J connectivity index is 2.85. The minimum atomic E-state index is -1.34. The van der Waals surface area contributed by atoms with Crippen LogP contribution in [0.2, 0.25) is 5.02 Å². The van der Waals surface area contributed by atoms with Gasteiger partial charge in [0.25, 0.3) is 0 Å². The van der Waals surface area contributed by atoms with Crippen molar-refractivity contribution in [3.63, 3.8) is 0 Å². The fraction of sp³-hybridized carbons (Fsp3) is 0.308. The average molecular weight is 271 g/mol. The highest BCUT2D eigenvalue weighted by Gasteiger charge is 2.18. The van der Waals surface area contributed by atoms with Crippen molar-refractivity contribution in [2.45, 2.75) is 13.0 Å². The van der Waals surface area contributed by atoms with Gasteiger partial charge in [0.1, 0.15) is 12.4 Å². The van der Waals surface area contributed by atoms with Gasteiger partial charge < -0.3 is 14.6 Å². The van der Waals surface area contributed by atoms with E-state index in [4.69, 9.17) is 16.3 Å².